The third-order valence-corrected chi connectivity index (χ3v) is 2.62. The molecular formula is C13H12FN5O. The van der Waals surface area contributed by atoms with Crippen molar-refractivity contribution >= 4 is 17.0 Å². The van der Waals surface area contributed by atoms with Gasteiger partial charge >= 0.3 is 0 Å². The average Bonchev–Trinajstić information content (AvgIpc) is 2.87. The van der Waals surface area contributed by atoms with E-state index in [-0.39, 0.29) is 5.82 Å². The number of hydrogen-bond donors (Lipinski definition) is 2. The lowest BCUT2D eigenvalue weighted by atomic mass is 10.3. The van der Waals surface area contributed by atoms with Gasteiger partial charge in [0.25, 0.3) is 0 Å². The lowest BCUT2D eigenvalue weighted by Crippen LogP contribution is -2.03. The first-order valence-corrected chi connectivity index (χ1v) is 6.14. The number of anilines is 1. The van der Waals surface area contributed by atoms with Crippen molar-refractivity contribution < 1.29 is 9.13 Å². The minimum absolute atomic E-state index is 0.324. The van der Waals surface area contributed by atoms with E-state index in [1.54, 1.807) is 18.3 Å². The third kappa shape index (κ3) is 2.37. The van der Waals surface area contributed by atoms with Gasteiger partial charge < -0.3 is 10.1 Å². The molecule has 0 saturated carbocycles. The number of fused-ring (bicyclic) bond motifs is 1. The zero-order valence-corrected chi connectivity index (χ0v) is 10.7. The van der Waals surface area contributed by atoms with E-state index in [9.17, 15) is 4.39 Å². The summed E-state index contributed by atoms with van der Waals surface area (Å²) < 4.78 is 18.8. The molecule has 0 unspecified atom stereocenters. The molecule has 2 N–H and O–H groups in total. The minimum Gasteiger partial charge on any atom is -0.438 e. The molecule has 0 aliphatic carbocycles. The fraction of sp³-hybridized carbons (Fsp3) is 0.154. The summed E-state index contributed by atoms with van der Waals surface area (Å²) in [7, 11) is 0. The van der Waals surface area contributed by atoms with Crippen LogP contribution in [-0.2, 0) is 0 Å². The molecule has 2 heterocycles. The molecule has 7 heteroatoms. The molecule has 0 atom stereocenters. The highest BCUT2D eigenvalue weighted by molar-refractivity contribution is 5.80. The Labute approximate surface area is 114 Å². The number of ether oxygens (including phenoxy) is 1. The van der Waals surface area contributed by atoms with Crippen molar-refractivity contribution in [2.75, 3.05) is 11.9 Å². The van der Waals surface area contributed by atoms with Crippen LogP contribution in [0, 0.1) is 5.82 Å². The first-order valence-electron chi connectivity index (χ1n) is 6.14. The van der Waals surface area contributed by atoms with E-state index in [4.69, 9.17) is 4.74 Å². The van der Waals surface area contributed by atoms with Gasteiger partial charge in [-0.15, -0.1) is 0 Å². The lowest BCUT2D eigenvalue weighted by Gasteiger charge is -2.08. The fourth-order valence-corrected chi connectivity index (χ4v) is 1.77. The van der Waals surface area contributed by atoms with Crippen molar-refractivity contribution in [3.63, 3.8) is 0 Å². The van der Waals surface area contributed by atoms with Crippen LogP contribution in [0.4, 0.5) is 10.3 Å². The summed E-state index contributed by atoms with van der Waals surface area (Å²) in [6, 6.07) is 5.87. The van der Waals surface area contributed by atoms with Gasteiger partial charge in [0.2, 0.25) is 11.8 Å². The summed E-state index contributed by atoms with van der Waals surface area (Å²) in [5.41, 5.74) is 0.558. The molecule has 0 fully saturated rings. The Morgan fingerprint density at radius 3 is 3.05 bits per heavy atom. The Kier molecular flexibility index (Phi) is 3.16. The van der Waals surface area contributed by atoms with Crippen LogP contribution in [0.2, 0.25) is 0 Å². The van der Waals surface area contributed by atoms with Gasteiger partial charge in [0.05, 0.1) is 6.20 Å². The van der Waals surface area contributed by atoms with Gasteiger partial charge in [-0.2, -0.15) is 15.1 Å². The summed E-state index contributed by atoms with van der Waals surface area (Å²) in [6.45, 7) is 2.62. The number of aromatic nitrogens is 4. The van der Waals surface area contributed by atoms with Crippen molar-refractivity contribution in [3.8, 4) is 11.6 Å². The first kappa shape index (κ1) is 12.3. The summed E-state index contributed by atoms with van der Waals surface area (Å²) in [5.74, 6) is 0.751. The van der Waals surface area contributed by atoms with Gasteiger partial charge in [-0.05, 0) is 19.1 Å². The normalized spacial score (nSPS) is 10.7. The number of rotatable bonds is 4. The van der Waals surface area contributed by atoms with Crippen molar-refractivity contribution in [1.29, 1.82) is 0 Å². The SMILES string of the molecule is CCNc1nc(Oc2cccc(F)c2)c2cn[nH]c2n1. The summed E-state index contributed by atoms with van der Waals surface area (Å²) in [5, 5.41) is 10.3. The molecular weight excluding hydrogens is 261 g/mol. The van der Waals surface area contributed by atoms with E-state index in [1.165, 1.54) is 12.1 Å². The topological polar surface area (TPSA) is 75.7 Å². The average molecular weight is 273 g/mol. The molecule has 0 aliphatic rings. The van der Waals surface area contributed by atoms with E-state index < -0.39 is 0 Å². The minimum atomic E-state index is -0.369. The van der Waals surface area contributed by atoms with Crippen LogP contribution < -0.4 is 10.1 Å². The Morgan fingerprint density at radius 1 is 1.35 bits per heavy atom. The van der Waals surface area contributed by atoms with Gasteiger partial charge in [-0.1, -0.05) is 6.07 Å². The zero-order valence-electron chi connectivity index (χ0n) is 10.7. The molecule has 0 spiro atoms. The van der Waals surface area contributed by atoms with E-state index >= 15 is 0 Å². The second-order valence-electron chi connectivity index (χ2n) is 4.07. The highest BCUT2D eigenvalue weighted by atomic mass is 19.1. The summed E-state index contributed by atoms with van der Waals surface area (Å²) in [6.07, 6.45) is 1.57. The number of nitrogens with one attached hydrogen (secondary N) is 2. The van der Waals surface area contributed by atoms with E-state index in [0.29, 0.717) is 35.2 Å². The second-order valence-corrected chi connectivity index (χ2v) is 4.07. The third-order valence-electron chi connectivity index (χ3n) is 2.62. The van der Waals surface area contributed by atoms with Crippen LogP contribution in [0.25, 0.3) is 11.0 Å². The van der Waals surface area contributed by atoms with Gasteiger partial charge in [-0.25, -0.2) is 4.39 Å². The number of nitrogens with zero attached hydrogens (tertiary/aromatic N) is 3. The predicted octanol–water partition coefficient (Wildman–Crippen LogP) is 2.72. The fourth-order valence-electron chi connectivity index (χ4n) is 1.77. The number of aromatic amines is 1. The molecule has 0 aliphatic heterocycles. The maximum atomic E-state index is 13.2. The molecule has 0 bridgehead atoms. The van der Waals surface area contributed by atoms with Crippen molar-refractivity contribution in [1.82, 2.24) is 20.2 Å². The zero-order chi connectivity index (χ0) is 13.9. The van der Waals surface area contributed by atoms with Crippen LogP contribution in [0.15, 0.2) is 30.5 Å². The van der Waals surface area contributed by atoms with E-state index in [2.05, 4.69) is 25.5 Å². The number of hydrogen-bond acceptors (Lipinski definition) is 5. The molecule has 1 aromatic carbocycles. The quantitative estimate of drug-likeness (QED) is 0.764. The Hall–Kier alpha value is -2.70. The van der Waals surface area contributed by atoms with E-state index in [1.807, 2.05) is 6.92 Å². The van der Waals surface area contributed by atoms with Gasteiger partial charge in [0.1, 0.15) is 17.0 Å². The molecule has 0 amide bonds. The molecule has 3 rings (SSSR count). The van der Waals surface area contributed by atoms with Crippen LogP contribution in [0.3, 0.4) is 0 Å². The summed E-state index contributed by atoms with van der Waals surface area (Å²) >= 11 is 0. The molecule has 0 saturated heterocycles. The predicted molar refractivity (Wildman–Crippen MR) is 72.3 cm³/mol. The first-order chi connectivity index (χ1) is 9.76. The number of halogens is 1. The maximum absolute atomic E-state index is 13.2. The standard InChI is InChI=1S/C13H12FN5O/c1-2-15-13-17-11-10(7-16-19-11)12(18-13)20-9-5-3-4-8(14)6-9/h3-7H,2H2,1H3,(H2,15,16,17,18,19). The van der Waals surface area contributed by atoms with Crippen molar-refractivity contribution in [3.05, 3.63) is 36.3 Å². The molecule has 20 heavy (non-hydrogen) atoms. The Balaban J connectivity index is 2.02. The van der Waals surface area contributed by atoms with Gasteiger partial charge in [0, 0.05) is 12.6 Å². The Bertz CT molecular complexity index is 742. The van der Waals surface area contributed by atoms with Gasteiger partial charge in [-0.3, -0.25) is 5.10 Å². The van der Waals surface area contributed by atoms with E-state index in [0.717, 1.165) is 0 Å². The highest BCUT2D eigenvalue weighted by Crippen LogP contribution is 2.27. The van der Waals surface area contributed by atoms with Crippen LogP contribution in [0.1, 0.15) is 6.92 Å². The van der Waals surface area contributed by atoms with Crippen molar-refractivity contribution in [2.24, 2.45) is 0 Å². The Morgan fingerprint density at radius 2 is 2.25 bits per heavy atom. The second kappa shape index (κ2) is 5.12. The van der Waals surface area contributed by atoms with Crippen molar-refractivity contribution in [2.45, 2.75) is 6.92 Å². The maximum Gasteiger partial charge on any atom is 0.235 e. The van der Waals surface area contributed by atoms with Crippen LogP contribution in [-0.4, -0.2) is 26.7 Å². The molecule has 6 nitrogen and oxygen atoms in total. The van der Waals surface area contributed by atoms with Crippen LogP contribution >= 0.6 is 0 Å². The monoisotopic (exact) mass is 273 g/mol. The van der Waals surface area contributed by atoms with Crippen LogP contribution in [0.5, 0.6) is 11.6 Å². The molecule has 0 radical (unpaired) electrons. The summed E-state index contributed by atoms with van der Waals surface area (Å²) in [4.78, 5) is 8.51. The van der Waals surface area contributed by atoms with Gasteiger partial charge in [0.15, 0.2) is 5.65 Å². The molecule has 102 valence electrons. The highest BCUT2D eigenvalue weighted by Gasteiger charge is 2.11. The molecule has 2 aromatic heterocycles. The number of benzene rings is 1. The number of H-pyrrole nitrogens is 1. The largest absolute Gasteiger partial charge is 0.438 e. The lowest BCUT2D eigenvalue weighted by molar-refractivity contribution is 0.464. The smallest absolute Gasteiger partial charge is 0.235 e. The molecule has 3 aromatic rings.